The van der Waals surface area contributed by atoms with Crippen molar-refractivity contribution in [2.75, 3.05) is 26.2 Å². The van der Waals surface area contributed by atoms with E-state index < -0.39 is 0 Å². The van der Waals surface area contributed by atoms with Crippen molar-refractivity contribution in [2.45, 2.75) is 32.5 Å². The van der Waals surface area contributed by atoms with Crippen molar-refractivity contribution in [3.8, 4) is 0 Å². The zero-order valence-corrected chi connectivity index (χ0v) is 7.99. The van der Waals surface area contributed by atoms with Gasteiger partial charge in [0.05, 0.1) is 18.8 Å². The summed E-state index contributed by atoms with van der Waals surface area (Å²) in [6.45, 7) is 7.19. The Bertz CT molecular complexity index is 130. The van der Waals surface area contributed by atoms with E-state index in [1.165, 1.54) is 0 Å². The quantitative estimate of drug-likeness (QED) is 0.673. The maximum absolute atomic E-state index is 8.78. The van der Waals surface area contributed by atoms with Gasteiger partial charge in [0.25, 0.3) is 0 Å². The van der Waals surface area contributed by atoms with E-state index in [1.807, 2.05) is 0 Å². The molecule has 1 heterocycles. The van der Waals surface area contributed by atoms with E-state index in [1.54, 1.807) is 0 Å². The van der Waals surface area contributed by atoms with Crippen molar-refractivity contribution in [1.29, 1.82) is 0 Å². The topological polar surface area (TPSA) is 32.7 Å². The van der Waals surface area contributed by atoms with Gasteiger partial charge >= 0.3 is 0 Å². The summed E-state index contributed by atoms with van der Waals surface area (Å²) in [5.41, 5.74) is 0. The third-order valence-electron chi connectivity index (χ3n) is 2.27. The van der Waals surface area contributed by atoms with Gasteiger partial charge in [-0.05, 0) is 13.3 Å². The fraction of sp³-hybridized carbons (Fsp3) is 1.00. The Hall–Kier alpha value is -0.120. The molecule has 0 bridgehead atoms. The van der Waals surface area contributed by atoms with E-state index in [0.717, 1.165) is 26.1 Å². The molecule has 0 radical (unpaired) electrons. The molecule has 0 aromatic carbocycles. The Kier molecular flexibility index (Phi) is 3.98. The third-order valence-corrected chi connectivity index (χ3v) is 2.27. The van der Waals surface area contributed by atoms with Gasteiger partial charge in [0.2, 0.25) is 0 Å². The molecule has 1 rings (SSSR count). The molecule has 1 saturated heterocycles. The Labute approximate surface area is 74.3 Å². The minimum Gasteiger partial charge on any atom is -0.395 e. The van der Waals surface area contributed by atoms with Crippen LogP contribution >= 0.6 is 0 Å². The van der Waals surface area contributed by atoms with E-state index >= 15 is 0 Å². The predicted molar refractivity (Wildman–Crippen MR) is 48.2 cm³/mol. The second-order valence-corrected chi connectivity index (χ2v) is 3.46. The van der Waals surface area contributed by atoms with E-state index in [9.17, 15) is 0 Å². The molecule has 2 atom stereocenters. The SMILES string of the molecule is CC[C@H]1CN(CCO)C[C@@H](C)O1. The first-order valence-corrected chi connectivity index (χ1v) is 4.75. The fourth-order valence-electron chi connectivity index (χ4n) is 1.69. The second kappa shape index (κ2) is 4.80. The van der Waals surface area contributed by atoms with Crippen LogP contribution in [0.3, 0.4) is 0 Å². The number of aliphatic hydroxyl groups excluding tert-OH is 1. The molecule has 1 N–H and O–H groups in total. The Morgan fingerprint density at radius 3 is 2.83 bits per heavy atom. The molecule has 0 saturated carbocycles. The van der Waals surface area contributed by atoms with Gasteiger partial charge in [-0.15, -0.1) is 0 Å². The lowest BCUT2D eigenvalue weighted by Gasteiger charge is -2.36. The smallest absolute Gasteiger partial charge is 0.0703 e. The second-order valence-electron chi connectivity index (χ2n) is 3.46. The van der Waals surface area contributed by atoms with Crippen LogP contribution in [-0.4, -0.2) is 48.5 Å². The maximum atomic E-state index is 8.78. The fourth-order valence-corrected chi connectivity index (χ4v) is 1.69. The number of morpholine rings is 1. The average Bonchev–Trinajstić information content (AvgIpc) is 2.04. The van der Waals surface area contributed by atoms with Gasteiger partial charge in [-0.1, -0.05) is 6.92 Å². The molecule has 0 spiro atoms. The number of rotatable bonds is 3. The molecular weight excluding hydrogens is 154 g/mol. The summed E-state index contributed by atoms with van der Waals surface area (Å²) >= 11 is 0. The molecule has 3 nitrogen and oxygen atoms in total. The molecule has 72 valence electrons. The molecule has 0 unspecified atom stereocenters. The Morgan fingerprint density at radius 2 is 2.25 bits per heavy atom. The monoisotopic (exact) mass is 173 g/mol. The standard InChI is InChI=1S/C9H19NO2/c1-3-9-7-10(4-5-11)6-8(2)12-9/h8-9,11H,3-7H2,1-2H3/t8-,9+/m1/s1. The minimum absolute atomic E-state index is 0.253. The van der Waals surface area contributed by atoms with Gasteiger partial charge in [-0.3, -0.25) is 4.90 Å². The Balaban J connectivity index is 2.34. The lowest BCUT2D eigenvalue weighted by molar-refractivity contribution is -0.0800. The summed E-state index contributed by atoms with van der Waals surface area (Å²) in [6.07, 6.45) is 1.74. The number of hydrogen-bond acceptors (Lipinski definition) is 3. The largest absolute Gasteiger partial charge is 0.395 e. The average molecular weight is 173 g/mol. The zero-order valence-electron chi connectivity index (χ0n) is 7.99. The first-order chi connectivity index (χ1) is 5.76. The summed E-state index contributed by atoms with van der Waals surface area (Å²) in [5.74, 6) is 0. The van der Waals surface area contributed by atoms with Crippen LogP contribution in [0, 0.1) is 0 Å². The number of ether oxygens (including phenoxy) is 1. The molecule has 1 aliphatic rings. The van der Waals surface area contributed by atoms with E-state index in [0.29, 0.717) is 12.2 Å². The molecular formula is C9H19NO2. The van der Waals surface area contributed by atoms with Crippen LogP contribution in [0.25, 0.3) is 0 Å². The maximum Gasteiger partial charge on any atom is 0.0703 e. The molecule has 12 heavy (non-hydrogen) atoms. The Morgan fingerprint density at radius 1 is 1.50 bits per heavy atom. The predicted octanol–water partition coefficient (Wildman–Crippen LogP) is 0.478. The number of β-amino-alcohol motifs (C(OH)–C–C–N with tert-alkyl or cyclic N) is 1. The summed E-state index contributed by atoms with van der Waals surface area (Å²) in [4.78, 5) is 2.27. The highest BCUT2D eigenvalue weighted by molar-refractivity contribution is 4.74. The number of aliphatic hydroxyl groups is 1. The van der Waals surface area contributed by atoms with Crippen LogP contribution in [0.5, 0.6) is 0 Å². The van der Waals surface area contributed by atoms with Crippen LogP contribution in [-0.2, 0) is 4.74 Å². The minimum atomic E-state index is 0.253. The van der Waals surface area contributed by atoms with E-state index in [2.05, 4.69) is 18.7 Å². The zero-order chi connectivity index (χ0) is 8.97. The summed E-state index contributed by atoms with van der Waals surface area (Å²) in [5, 5.41) is 8.78. The van der Waals surface area contributed by atoms with Gasteiger partial charge in [0.1, 0.15) is 0 Å². The van der Waals surface area contributed by atoms with Crippen LogP contribution in [0.2, 0.25) is 0 Å². The van der Waals surface area contributed by atoms with Gasteiger partial charge < -0.3 is 9.84 Å². The molecule has 0 aromatic rings. The van der Waals surface area contributed by atoms with E-state index in [4.69, 9.17) is 9.84 Å². The molecule has 0 aromatic heterocycles. The van der Waals surface area contributed by atoms with Crippen molar-refractivity contribution in [1.82, 2.24) is 4.90 Å². The number of nitrogens with zero attached hydrogens (tertiary/aromatic N) is 1. The van der Waals surface area contributed by atoms with Crippen LogP contribution < -0.4 is 0 Å². The highest BCUT2D eigenvalue weighted by Crippen LogP contribution is 2.12. The lowest BCUT2D eigenvalue weighted by Crippen LogP contribution is -2.47. The van der Waals surface area contributed by atoms with Gasteiger partial charge in [-0.2, -0.15) is 0 Å². The van der Waals surface area contributed by atoms with Crippen LogP contribution in [0.15, 0.2) is 0 Å². The molecule has 3 heteroatoms. The molecule has 0 amide bonds. The van der Waals surface area contributed by atoms with Crippen LogP contribution in [0.4, 0.5) is 0 Å². The first kappa shape index (κ1) is 9.96. The van der Waals surface area contributed by atoms with Crippen molar-refractivity contribution >= 4 is 0 Å². The van der Waals surface area contributed by atoms with Gasteiger partial charge in [0.15, 0.2) is 0 Å². The molecule has 0 aliphatic carbocycles. The summed E-state index contributed by atoms with van der Waals surface area (Å²) in [7, 11) is 0. The van der Waals surface area contributed by atoms with Crippen LogP contribution in [0.1, 0.15) is 20.3 Å². The van der Waals surface area contributed by atoms with Crippen molar-refractivity contribution in [3.05, 3.63) is 0 Å². The van der Waals surface area contributed by atoms with Gasteiger partial charge in [-0.25, -0.2) is 0 Å². The third kappa shape index (κ3) is 2.73. The number of hydrogen-bond donors (Lipinski definition) is 1. The van der Waals surface area contributed by atoms with Gasteiger partial charge in [0, 0.05) is 19.6 Å². The van der Waals surface area contributed by atoms with Crippen molar-refractivity contribution in [2.24, 2.45) is 0 Å². The van der Waals surface area contributed by atoms with E-state index in [-0.39, 0.29) is 6.61 Å². The molecule has 1 aliphatic heterocycles. The summed E-state index contributed by atoms with van der Waals surface area (Å²) < 4.78 is 5.69. The molecule has 1 fully saturated rings. The highest BCUT2D eigenvalue weighted by Gasteiger charge is 2.22. The van der Waals surface area contributed by atoms with Crippen molar-refractivity contribution < 1.29 is 9.84 Å². The normalized spacial score (nSPS) is 32.2. The lowest BCUT2D eigenvalue weighted by atomic mass is 10.2. The highest BCUT2D eigenvalue weighted by atomic mass is 16.5. The first-order valence-electron chi connectivity index (χ1n) is 4.75. The van der Waals surface area contributed by atoms with Crippen molar-refractivity contribution in [3.63, 3.8) is 0 Å². The summed E-state index contributed by atoms with van der Waals surface area (Å²) in [6, 6.07) is 0.